The summed E-state index contributed by atoms with van der Waals surface area (Å²) in [4.78, 5) is 25.8. The smallest absolute Gasteiger partial charge is 0.275 e. The topological polar surface area (TPSA) is 67.0 Å². The van der Waals surface area contributed by atoms with Crippen LogP contribution in [0, 0.1) is 0 Å². The molecule has 3 aromatic carbocycles. The average molecular weight is 389 g/mol. The van der Waals surface area contributed by atoms with E-state index in [-0.39, 0.29) is 5.91 Å². The lowest BCUT2D eigenvalue weighted by Gasteiger charge is -2.10. The first-order valence-corrected chi connectivity index (χ1v) is 9.90. The Kier molecular flexibility index (Phi) is 5.70. The molecule has 4 aromatic rings. The first kappa shape index (κ1) is 18.3. The number of imidazole rings is 1. The predicted molar refractivity (Wildman–Crippen MR) is 111 cm³/mol. The van der Waals surface area contributed by atoms with Gasteiger partial charge in [0.25, 0.3) is 5.91 Å². The molecule has 1 heterocycles. The summed E-state index contributed by atoms with van der Waals surface area (Å²) in [5.41, 5.74) is 6.99. The number of hydrogen-bond acceptors (Lipinski definition) is 4. The van der Waals surface area contributed by atoms with E-state index in [4.69, 9.17) is 4.84 Å². The van der Waals surface area contributed by atoms with Crippen molar-refractivity contribution in [1.82, 2.24) is 15.4 Å². The van der Waals surface area contributed by atoms with E-state index in [0.29, 0.717) is 17.9 Å². The Bertz CT molecular complexity index is 1050. The van der Waals surface area contributed by atoms with Crippen molar-refractivity contribution >= 4 is 28.7 Å². The average Bonchev–Trinajstić information content (AvgIpc) is 3.16. The van der Waals surface area contributed by atoms with Crippen molar-refractivity contribution in [1.29, 1.82) is 0 Å². The Morgan fingerprint density at radius 2 is 1.71 bits per heavy atom. The molecule has 0 fully saturated rings. The number of carbonyl (C=O) groups excluding carboxylic acids is 1. The molecule has 0 saturated carbocycles. The fraction of sp³-hybridized carbons (Fsp3) is 0.0909. The van der Waals surface area contributed by atoms with Crippen molar-refractivity contribution < 1.29 is 9.63 Å². The van der Waals surface area contributed by atoms with Gasteiger partial charge in [0.15, 0.2) is 5.16 Å². The van der Waals surface area contributed by atoms with Crippen LogP contribution in [0.5, 0.6) is 0 Å². The lowest BCUT2D eigenvalue weighted by atomic mass is 10.1. The Hall–Kier alpha value is -3.09. The van der Waals surface area contributed by atoms with Gasteiger partial charge in [-0.25, -0.2) is 10.5 Å². The second kappa shape index (κ2) is 8.73. The monoisotopic (exact) mass is 389 g/mol. The maximum Gasteiger partial charge on any atom is 0.275 e. The van der Waals surface area contributed by atoms with E-state index in [9.17, 15) is 4.79 Å². The summed E-state index contributed by atoms with van der Waals surface area (Å²) in [6.07, 6.45) is 0. The molecule has 140 valence electrons. The lowest BCUT2D eigenvalue weighted by molar-refractivity contribution is 0.0233. The molecular formula is C22H19N3O2S. The molecule has 0 saturated heterocycles. The summed E-state index contributed by atoms with van der Waals surface area (Å²) < 4.78 is 0. The van der Waals surface area contributed by atoms with Crippen molar-refractivity contribution in [3.63, 3.8) is 0 Å². The minimum atomic E-state index is -0.253. The minimum Gasteiger partial charge on any atom is -0.333 e. The Morgan fingerprint density at radius 1 is 0.964 bits per heavy atom. The number of nitrogens with zero attached hydrogens (tertiary/aromatic N) is 1. The fourth-order valence-corrected chi connectivity index (χ4v) is 3.71. The molecule has 0 unspecified atom stereocenters. The first-order valence-electron chi connectivity index (χ1n) is 8.91. The van der Waals surface area contributed by atoms with Gasteiger partial charge in [-0.3, -0.25) is 9.63 Å². The highest BCUT2D eigenvalue weighted by Crippen LogP contribution is 2.24. The van der Waals surface area contributed by atoms with Gasteiger partial charge in [0, 0.05) is 11.3 Å². The zero-order chi connectivity index (χ0) is 19.2. The van der Waals surface area contributed by atoms with Crippen LogP contribution in [-0.2, 0) is 17.2 Å². The molecule has 0 aliphatic rings. The first-order chi connectivity index (χ1) is 13.8. The summed E-state index contributed by atoms with van der Waals surface area (Å²) in [6, 6.07) is 25.1. The van der Waals surface area contributed by atoms with Crippen LogP contribution >= 0.6 is 11.8 Å². The van der Waals surface area contributed by atoms with Crippen molar-refractivity contribution in [2.45, 2.75) is 17.5 Å². The molecule has 0 radical (unpaired) electrons. The van der Waals surface area contributed by atoms with Crippen molar-refractivity contribution in [3.8, 4) is 0 Å². The third-order valence-electron chi connectivity index (χ3n) is 4.24. The highest BCUT2D eigenvalue weighted by Gasteiger charge is 2.12. The molecule has 6 heteroatoms. The van der Waals surface area contributed by atoms with Crippen LogP contribution in [0.25, 0.3) is 11.0 Å². The highest BCUT2D eigenvalue weighted by molar-refractivity contribution is 7.98. The molecule has 5 nitrogen and oxygen atoms in total. The SMILES string of the molecule is O=C(NOCc1ccccc1)c1ccccc1CSc1nc2ccccc2[nH]1. The molecule has 0 aliphatic carbocycles. The van der Waals surface area contributed by atoms with Crippen LogP contribution in [0.2, 0.25) is 0 Å². The van der Waals surface area contributed by atoms with Gasteiger partial charge in [0.2, 0.25) is 0 Å². The van der Waals surface area contributed by atoms with Gasteiger partial charge in [0.05, 0.1) is 17.6 Å². The highest BCUT2D eigenvalue weighted by atomic mass is 32.2. The van der Waals surface area contributed by atoms with Gasteiger partial charge in [-0.05, 0) is 29.3 Å². The summed E-state index contributed by atoms with van der Waals surface area (Å²) in [6.45, 7) is 0.322. The van der Waals surface area contributed by atoms with E-state index in [0.717, 1.165) is 27.3 Å². The molecule has 4 rings (SSSR count). The second-order valence-electron chi connectivity index (χ2n) is 6.21. The van der Waals surface area contributed by atoms with Crippen LogP contribution in [0.15, 0.2) is 84.0 Å². The number of para-hydroxylation sites is 2. The quantitative estimate of drug-likeness (QED) is 0.355. The number of amides is 1. The zero-order valence-electron chi connectivity index (χ0n) is 15.1. The van der Waals surface area contributed by atoms with Crippen LogP contribution < -0.4 is 5.48 Å². The maximum atomic E-state index is 12.5. The zero-order valence-corrected chi connectivity index (χ0v) is 15.9. The Balaban J connectivity index is 1.39. The normalized spacial score (nSPS) is 10.9. The number of aromatic nitrogens is 2. The number of fused-ring (bicyclic) bond motifs is 1. The number of rotatable bonds is 7. The van der Waals surface area contributed by atoms with Gasteiger partial charge in [0.1, 0.15) is 0 Å². The standard InChI is InChI=1S/C22H19N3O2S/c26-21(25-27-14-16-8-2-1-3-9-16)18-11-5-4-10-17(18)15-28-22-23-19-12-6-7-13-20(19)24-22/h1-13H,14-15H2,(H,23,24)(H,25,26). The van der Waals surface area contributed by atoms with E-state index in [1.54, 1.807) is 17.8 Å². The lowest BCUT2D eigenvalue weighted by Crippen LogP contribution is -2.24. The predicted octanol–water partition coefficient (Wildman–Crippen LogP) is 4.72. The summed E-state index contributed by atoms with van der Waals surface area (Å²) in [5.74, 6) is 0.374. The van der Waals surface area contributed by atoms with Crippen LogP contribution in [0.3, 0.4) is 0 Å². The molecule has 0 atom stereocenters. The van der Waals surface area contributed by atoms with E-state index in [1.807, 2.05) is 72.8 Å². The van der Waals surface area contributed by atoms with E-state index in [2.05, 4.69) is 15.4 Å². The Morgan fingerprint density at radius 3 is 2.57 bits per heavy atom. The molecule has 0 bridgehead atoms. The summed E-state index contributed by atoms with van der Waals surface area (Å²) in [5, 5.41) is 0.830. The van der Waals surface area contributed by atoms with Crippen molar-refractivity contribution in [2.75, 3.05) is 0 Å². The van der Waals surface area contributed by atoms with Gasteiger partial charge < -0.3 is 4.98 Å². The second-order valence-corrected chi connectivity index (χ2v) is 7.17. The number of benzene rings is 3. The summed E-state index contributed by atoms with van der Waals surface area (Å²) >= 11 is 1.56. The molecule has 1 amide bonds. The van der Waals surface area contributed by atoms with E-state index in [1.165, 1.54) is 0 Å². The molecule has 0 spiro atoms. The minimum absolute atomic E-state index is 0.253. The van der Waals surface area contributed by atoms with Crippen LogP contribution in [0.1, 0.15) is 21.5 Å². The van der Waals surface area contributed by atoms with Gasteiger partial charge in [-0.2, -0.15) is 0 Å². The largest absolute Gasteiger partial charge is 0.333 e. The number of thioether (sulfide) groups is 1. The number of H-pyrrole nitrogens is 1. The molecule has 28 heavy (non-hydrogen) atoms. The Labute approximate surface area is 167 Å². The number of hydroxylamine groups is 1. The van der Waals surface area contributed by atoms with Crippen LogP contribution in [0.4, 0.5) is 0 Å². The van der Waals surface area contributed by atoms with E-state index >= 15 is 0 Å². The van der Waals surface area contributed by atoms with E-state index < -0.39 is 0 Å². The number of nitrogens with one attached hydrogen (secondary N) is 2. The van der Waals surface area contributed by atoms with Crippen LogP contribution in [-0.4, -0.2) is 15.9 Å². The van der Waals surface area contributed by atoms with Crippen molar-refractivity contribution in [2.24, 2.45) is 0 Å². The molecule has 2 N–H and O–H groups in total. The fourth-order valence-electron chi connectivity index (χ4n) is 2.83. The number of carbonyl (C=O) groups is 1. The van der Waals surface area contributed by atoms with Gasteiger partial charge in [-0.1, -0.05) is 72.4 Å². The number of hydrogen-bond donors (Lipinski definition) is 2. The maximum absolute atomic E-state index is 12.5. The van der Waals surface area contributed by atoms with Gasteiger partial charge in [-0.15, -0.1) is 0 Å². The summed E-state index contributed by atoms with van der Waals surface area (Å²) in [7, 11) is 0. The van der Waals surface area contributed by atoms with Crippen molar-refractivity contribution in [3.05, 3.63) is 95.6 Å². The third-order valence-corrected chi connectivity index (χ3v) is 5.16. The number of aromatic amines is 1. The molecular weight excluding hydrogens is 370 g/mol. The third kappa shape index (κ3) is 4.42. The van der Waals surface area contributed by atoms with Gasteiger partial charge >= 0.3 is 0 Å². The molecule has 1 aromatic heterocycles. The molecule has 0 aliphatic heterocycles.